The Bertz CT molecular complexity index is 418. The van der Waals surface area contributed by atoms with E-state index in [2.05, 4.69) is 5.32 Å². The first kappa shape index (κ1) is 9.67. The number of amides is 2. The second-order valence-electron chi connectivity index (χ2n) is 4.34. The molecule has 1 saturated heterocycles. The third kappa shape index (κ3) is 0.668. The molecule has 3 atom stereocenters. The molecule has 5 heteroatoms. The van der Waals surface area contributed by atoms with Crippen LogP contribution < -0.4 is 5.32 Å². The molecule has 1 saturated carbocycles. The van der Waals surface area contributed by atoms with Crippen LogP contribution in [0.25, 0.3) is 0 Å². The zero-order chi connectivity index (χ0) is 11.4. The molecule has 2 rings (SSSR count). The maximum Gasteiger partial charge on any atom is 0.249 e. The van der Waals surface area contributed by atoms with Gasteiger partial charge in [0.2, 0.25) is 11.8 Å². The number of hydrogen-bond donors (Lipinski definition) is 1. The zero-order valence-electron chi connectivity index (χ0n) is 8.37. The van der Waals surface area contributed by atoms with Crippen molar-refractivity contribution in [2.75, 3.05) is 0 Å². The molecule has 0 aromatic carbocycles. The van der Waals surface area contributed by atoms with Crippen LogP contribution in [0, 0.1) is 45.3 Å². The molecule has 1 aliphatic heterocycles. The third-order valence-corrected chi connectivity index (χ3v) is 3.43. The highest BCUT2D eigenvalue weighted by atomic mass is 16.2. The number of carbonyl (C=O) groups excluding carboxylic acids is 2. The lowest BCUT2D eigenvalue weighted by Crippen LogP contribution is -2.33. The Hall–Kier alpha value is -1.88. The van der Waals surface area contributed by atoms with E-state index in [1.54, 1.807) is 0 Å². The van der Waals surface area contributed by atoms with E-state index in [9.17, 15) is 9.59 Å². The average molecular weight is 203 g/mol. The van der Waals surface area contributed by atoms with Crippen LogP contribution in [0.5, 0.6) is 0 Å². The Morgan fingerprint density at radius 3 is 1.80 bits per heavy atom. The summed E-state index contributed by atoms with van der Waals surface area (Å²) in [5.74, 6) is -1.74. The molecule has 15 heavy (non-hydrogen) atoms. The third-order valence-electron chi connectivity index (χ3n) is 3.43. The molecule has 1 unspecified atom stereocenters. The van der Waals surface area contributed by atoms with Crippen molar-refractivity contribution in [3.8, 4) is 12.1 Å². The van der Waals surface area contributed by atoms with Crippen molar-refractivity contribution in [3.05, 3.63) is 0 Å². The molecule has 76 valence electrons. The normalized spacial score (nSPS) is 41.8. The number of nitriles is 2. The molecular formula is C10H9N3O2. The van der Waals surface area contributed by atoms with Crippen LogP contribution in [0.1, 0.15) is 13.8 Å². The fraction of sp³-hybridized carbons (Fsp3) is 0.600. The van der Waals surface area contributed by atoms with E-state index < -0.39 is 28.6 Å². The van der Waals surface area contributed by atoms with E-state index in [4.69, 9.17) is 10.5 Å². The van der Waals surface area contributed by atoms with E-state index in [1.807, 2.05) is 26.0 Å². The smallest absolute Gasteiger partial charge is 0.249 e. The van der Waals surface area contributed by atoms with Gasteiger partial charge in [-0.05, 0) is 5.92 Å². The highest BCUT2D eigenvalue weighted by Gasteiger charge is 2.90. The van der Waals surface area contributed by atoms with Crippen LogP contribution in [-0.2, 0) is 9.59 Å². The molecule has 0 radical (unpaired) electrons. The maximum atomic E-state index is 11.6. The summed E-state index contributed by atoms with van der Waals surface area (Å²) >= 11 is 0. The zero-order valence-corrected chi connectivity index (χ0v) is 8.37. The summed E-state index contributed by atoms with van der Waals surface area (Å²) < 4.78 is 0. The number of rotatable bonds is 1. The predicted octanol–water partition coefficient (Wildman–Crippen LogP) is -0.0514. The van der Waals surface area contributed by atoms with Gasteiger partial charge in [-0.1, -0.05) is 13.8 Å². The van der Waals surface area contributed by atoms with Crippen molar-refractivity contribution in [2.24, 2.45) is 22.7 Å². The molecule has 1 N–H and O–H groups in total. The van der Waals surface area contributed by atoms with Crippen LogP contribution in [0.3, 0.4) is 0 Å². The van der Waals surface area contributed by atoms with Crippen LogP contribution >= 0.6 is 0 Å². The Morgan fingerprint density at radius 1 is 1.20 bits per heavy atom. The summed E-state index contributed by atoms with van der Waals surface area (Å²) in [4.78, 5) is 23.1. The van der Waals surface area contributed by atoms with Crippen molar-refractivity contribution in [1.82, 2.24) is 5.32 Å². The summed E-state index contributed by atoms with van der Waals surface area (Å²) in [6, 6.07) is 3.72. The van der Waals surface area contributed by atoms with Gasteiger partial charge in [0, 0.05) is 5.92 Å². The van der Waals surface area contributed by atoms with Gasteiger partial charge in [0.25, 0.3) is 0 Å². The fourth-order valence-electron chi connectivity index (χ4n) is 2.86. The van der Waals surface area contributed by atoms with Crippen LogP contribution in [0.2, 0.25) is 0 Å². The Morgan fingerprint density at radius 2 is 1.60 bits per heavy atom. The van der Waals surface area contributed by atoms with Crippen LogP contribution in [0.4, 0.5) is 0 Å². The van der Waals surface area contributed by atoms with E-state index in [0.29, 0.717) is 0 Å². The second kappa shape index (κ2) is 2.38. The van der Waals surface area contributed by atoms with E-state index >= 15 is 0 Å². The molecule has 0 spiro atoms. The molecule has 0 bridgehead atoms. The summed E-state index contributed by atoms with van der Waals surface area (Å²) in [6.45, 7) is 3.61. The Balaban J connectivity index is 2.61. The SMILES string of the molecule is CC(C)C1[C@]2(C#N)C(=O)NC(=O)[C@]12C#N. The molecule has 2 aliphatic rings. The minimum Gasteiger partial charge on any atom is -0.294 e. The minimum atomic E-state index is -1.44. The van der Waals surface area contributed by atoms with Crippen molar-refractivity contribution < 1.29 is 9.59 Å². The topological polar surface area (TPSA) is 93.8 Å². The summed E-state index contributed by atoms with van der Waals surface area (Å²) in [6.07, 6.45) is 0. The monoisotopic (exact) mass is 203 g/mol. The highest BCUT2D eigenvalue weighted by molar-refractivity contribution is 6.18. The molecule has 2 fully saturated rings. The first-order valence-electron chi connectivity index (χ1n) is 4.67. The highest BCUT2D eigenvalue weighted by Crippen LogP contribution is 2.73. The van der Waals surface area contributed by atoms with Crippen LogP contribution in [-0.4, -0.2) is 11.8 Å². The Labute approximate surface area is 86.7 Å². The van der Waals surface area contributed by atoms with E-state index in [0.717, 1.165) is 0 Å². The predicted molar refractivity (Wildman–Crippen MR) is 47.6 cm³/mol. The number of piperidine rings is 1. The van der Waals surface area contributed by atoms with Gasteiger partial charge >= 0.3 is 0 Å². The lowest BCUT2D eigenvalue weighted by molar-refractivity contribution is -0.129. The van der Waals surface area contributed by atoms with Crippen molar-refractivity contribution in [3.63, 3.8) is 0 Å². The van der Waals surface area contributed by atoms with Gasteiger partial charge in [-0.25, -0.2) is 0 Å². The van der Waals surface area contributed by atoms with Gasteiger partial charge in [-0.15, -0.1) is 0 Å². The number of fused-ring (bicyclic) bond motifs is 1. The summed E-state index contributed by atoms with van der Waals surface area (Å²) in [5, 5.41) is 20.2. The molecule has 0 aromatic heterocycles. The molecule has 5 nitrogen and oxygen atoms in total. The van der Waals surface area contributed by atoms with Gasteiger partial charge in [0.15, 0.2) is 10.8 Å². The Kier molecular flexibility index (Phi) is 1.53. The molecule has 0 aromatic rings. The van der Waals surface area contributed by atoms with E-state index in [1.165, 1.54) is 0 Å². The van der Waals surface area contributed by atoms with Crippen molar-refractivity contribution in [2.45, 2.75) is 13.8 Å². The number of carbonyl (C=O) groups is 2. The minimum absolute atomic E-state index is 0.0423. The quantitative estimate of drug-likeness (QED) is 0.604. The first-order chi connectivity index (χ1) is 6.99. The second-order valence-corrected chi connectivity index (χ2v) is 4.34. The standard InChI is InChI=1S/C10H9N3O2/c1-5(2)6-9(3-11)7(14)13-8(15)10(6,9)4-12/h5-6H,1-2H3,(H,13,14,15)/t6?,9-,10+. The number of imide groups is 1. The largest absolute Gasteiger partial charge is 0.294 e. The summed E-state index contributed by atoms with van der Waals surface area (Å²) in [5.41, 5.74) is -2.87. The fourth-order valence-corrected chi connectivity index (χ4v) is 2.86. The first-order valence-corrected chi connectivity index (χ1v) is 4.67. The van der Waals surface area contributed by atoms with Crippen molar-refractivity contribution in [1.29, 1.82) is 10.5 Å². The number of nitrogens with zero attached hydrogens (tertiary/aromatic N) is 2. The van der Waals surface area contributed by atoms with Gasteiger partial charge in [-0.2, -0.15) is 10.5 Å². The van der Waals surface area contributed by atoms with Crippen LogP contribution in [0.15, 0.2) is 0 Å². The molecule has 1 heterocycles. The van der Waals surface area contributed by atoms with Gasteiger partial charge in [0.05, 0.1) is 12.1 Å². The average Bonchev–Trinajstić information content (AvgIpc) is 2.76. The number of nitrogens with one attached hydrogen (secondary N) is 1. The lowest BCUT2D eigenvalue weighted by atomic mass is 9.98. The summed E-state index contributed by atoms with van der Waals surface area (Å²) in [7, 11) is 0. The molecule has 2 amide bonds. The van der Waals surface area contributed by atoms with Gasteiger partial charge in [-0.3, -0.25) is 14.9 Å². The van der Waals surface area contributed by atoms with Crippen molar-refractivity contribution >= 4 is 11.8 Å². The molecular weight excluding hydrogens is 194 g/mol. The number of hydrogen-bond acceptors (Lipinski definition) is 4. The molecule has 1 aliphatic carbocycles. The van der Waals surface area contributed by atoms with E-state index in [-0.39, 0.29) is 5.92 Å². The maximum absolute atomic E-state index is 11.6. The van der Waals surface area contributed by atoms with Gasteiger partial charge < -0.3 is 0 Å². The van der Waals surface area contributed by atoms with Gasteiger partial charge in [0.1, 0.15) is 0 Å². The lowest BCUT2D eigenvalue weighted by Gasteiger charge is -2.09.